The maximum atomic E-state index is 13.1. The molecule has 32 heavy (non-hydrogen) atoms. The summed E-state index contributed by atoms with van der Waals surface area (Å²) in [6, 6.07) is 8.39. The van der Waals surface area contributed by atoms with Gasteiger partial charge in [0.05, 0.1) is 17.9 Å². The van der Waals surface area contributed by atoms with Crippen LogP contribution in [0.15, 0.2) is 30.3 Å². The van der Waals surface area contributed by atoms with Gasteiger partial charge in [-0.15, -0.1) is 0 Å². The molecular formula is C25H31N3O4. The molecule has 0 saturated carbocycles. The first-order valence-corrected chi connectivity index (χ1v) is 11.1. The number of hydrogen-bond donors (Lipinski definition) is 1. The summed E-state index contributed by atoms with van der Waals surface area (Å²) >= 11 is 0. The van der Waals surface area contributed by atoms with E-state index in [2.05, 4.69) is 24.1 Å². The molecule has 1 aliphatic heterocycles. The third kappa shape index (κ3) is 5.33. The maximum absolute atomic E-state index is 13.1. The Labute approximate surface area is 189 Å². The summed E-state index contributed by atoms with van der Waals surface area (Å²) in [7, 11) is 0. The summed E-state index contributed by atoms with van der Waals surface area (Å²) in [4.78, 5) is 44.0. The zero-order valence-corrected chi connectivity index (χ0v) is 19.4. The lowest BCUT2D eigenvalue weighted by atomic mass is 9.91. The Morgan fingerprint density at radius 1 is 1.09 bits per heavy atom. The van der Waals surface area contributed by atoms with Crippen molar-refractivity contribution in [2.75, 3.05) is 25.0 Å². The van der Waals surface area contributed by atoms with Crippen molar-refractivity contribution in [3.63, 3.8) is 0 Å². The second kappa shape index (κ2) is 9.94. The van der Waals surface area contributed by atoms with Crippen LogP contribution in [0, 0.1) is 25.7 Å². The van der Waals surface area contributed by atoms with Gasteiger partial charge in [0.25, 0.3) is 11.8 Å². The summed E-state index contributed by atoms with van der Waals surface area (Å²) in [6.07, 6.45) is 1.13. The Kier molecular flexibility index (Phi) is 7.28. The zero-order valence-electron chi connectivity index (χ0n) is 19.4. The van der Waals surface area contributed by atoms with Crippen molar-refractivity contribution in [1.82, 2.24) is 9.88 Å². The molecule has 0 bridgehead atoms. The molecule has 0 radical (unpaired) electrons. The number of benzene rings is 1. The highest BCUT2D eigenvalue weighted by Gasteiger charge is 2.26. The third-order valence-electron chi connectivity index (χ3n) is 5.70. The number of rotatable bonds is 5. The first kappa shape index (κ1) is 23.4. The predicted molar refractivity (Wildman–Crippen MR) is 123 cm³/mol. The molecule has 2 heterocycles. The van der Waals surface area contributed by atoms with E-state index in [-0.39, 0.29) is 18.2 Å². The van der Waals surface area contributed by atoms with Gasteiger partial charge in [-0.2, -0.15) is 0 Å². The standard InChI is InChI=1S/C25H31N3O4/c1-6-32-25(31)20-9-10-21(26-18(20)5)23(29)27-22-12-19(8-7-17(22)4)24(30)28-13-15(2)11-16(3)14-28/h7-10,12,15-16H,6,11,13-14H2,1-5H3,(H,27,29). The van der Waals surface area contributed by atoms with Crippen LogP contribution >= 0.6 is 0 Å². The van der Waals surface area contributed by atoms with Gasteiger partial charge in [-0.3, -0.25) is 9.59 Å². The SMILES string of the molecule is CCOC(=O)c1ccc(C(=O)Nc2cc(C(=O)N3CC(C)CC(C)C3)ccc2C)nc1C. The molecule has 0 aliphatic carbocycles. The summed E-state index contributed by atoms with van der Waals surface area (Å²) in [5, 5.41) is 2.85. The van der Waals surface area contributed by atoms with E-state index in [4.69, 9.17) is 4.74 Å². The second-order valence-corrected chi connectivity index (χ2v) is 8.69. The monoisotopic (exact) mass is 437 g/mol. The topological polar surface area (TPSA) is 88.6 Å². The van der Waals surface area contributed by atoms with Crippen molar-refractivity contribution in [2.45, 2.75) is 41.0 Å². The van der Waals surface area contributed by atoms with Gasteiger partial charge >= 0.3 is 5.97 Å². The van der Waals surface area contributed by atoms with Gasteiger partial charge in [0.1, 0.15) is 5.69 Å². The highest BCUT2D eigenvalue weighted by molar-refractivity contribution is 6.05. The van der Waals surface area contributed by atoms with E-state index >= 15 is 0 Å². The van der Waals surface area contributed by atoms with Crippen molar-refractivity contribution in [3.05, 3.63) is 58.4 Å². The number of piperidine rings is 1. The molecule has 3 rings (SSSR count). The number of anilines is 1. The van der Waals surface area contributed by atoms with Crippen LogP contribution in [0.1, 0.15) is 69.7 Å². The molecular weight excluding hydrogens is 406 g/mol. The number of ether oxygens (including phenoxy) is 1. The number of carbonyl (C=O) groups is 3. The van der Waals surface area contributed by atoms with Gasteiger partial charge < -0.3 is 15.0 Å². The molecule has 2 atom stereocenters. The van der Waals surface area contributed by atoms with E-state index in [1.54, 1.807) is 32.0 Å². The molecule has 170 valence electrons. The molecule has 2 amide bonds. The van der Waals surface area contributed by atoms with Crippen LogP contribution in [0.3, 0.4) is 0 Å². The van der Waals surface area contributed by atoms with Crippen molar-refractivity contribution >= 4 is 23.5 Å². The van der Waals surface area contributed by atoms with Crippen LogP contribution in [-0.2, 0) is 4.74 Å². The van der Waals surface area contributed by atoms with Crippen molar-refractivity contribution < 1.29 is 19.1 Å². The summed E-state index contributed by atoms with van der Waals surface area (Å²) < 4.78 is 5.00. The summed E-state index contributed by atoms with van der Waals surface area (Å²) in [5.74, 6) is 0.0504. The van der Waals surface area contributed by atoms with Crippen LogP contribution in [0.25, 0.3) is 0 Å². The molecule has 7 nitrogen and oxygen atoms in total. The molecule has 1 saturated heterocycles. The number of pyridine rings is 1. The Hall–Kier alpha value is -3.22. The minimum Gasteiger partial charge on any atom is -0.462 e. The first-order chi connectivity index (χ1) is 15.2. The minimum absolute atomic E-state index is 0.0216. The number of likely N-dealkylation sites (tertiary alicyclic amines) is 1. The van der Waals surface area contributed by atoms with Crippen LogP contribution in [0.5, 0.6) is 0 Å². The molecule has 2 aromatic rings. The fourth-order valence-corrected chi connectivity index (χ4v) is 4.20. The lowest BCUT2D eigenvalue weighted by molar-refractivity contribution is 0.0524. The fourth-order valence-electron chi connectivity index (χ4n) is 4.20. The normalized spacial score (nSPS) is 18.2. The summed E-state index contributed by atoms with van der Waals surface area (Å²) in [5.41, 5.74) is 2.89. The number of esters is 1. The van der Waals surface area contributed by atoms with E-state index in [1.807, 2.05) is 17.9 Å². The van der Waals surface area contributed by atoms with Crippen LogP contribution in [0.2, 0.25) is 0 Å². The molecule has 1 fully saturated rings. The number of nitrogens with zero attached hydrogens (tertiary/aromatic N) is 2. The van der Waals surface area contributed by atoms with Gasteiger partial charge in [0, 0.05) is 24.3 Å². The molecule has 7 heteroatoms. The van der Waals surface area contributed by atoms with Crippen LogP contribution in [0.4, 0.5) is 5.69 Å². The first-order valence-electron chi connectivity index (χ1n) is 11.1. The van der Waals surface area contributed by atoms with Gasteiger partial charge in [-0.05, 0) is 68.9 Å². The lowest BCUT2D eigenvalue weighted by Gasteiger charge is -2.35. The number of hydrogen-bond acceptors (Lipinski definition) is 5. The predicted octanol–water partition coefficient (Wildman–Crippen LogP) is 4.25. The van der Waals surface area contributed by atoms with E-state index in [0.717, 1.165) is 25.1 Å². The number of nitrogens with one attached hydrogen (secondary N) is 1. The van der Waals surface area contributed by atoms with E-state index in [1.165, 1.54) is 6.07 Å². The Morgan fingerprint density at radius 2 is 1.78 bits per heavy atom. The lowest BCUT2D eigenvalue weighted by Crippen LogP contribution is -2.42. The van der Waals surface area contributed by atoms with E-state index in [0.29, 0.717) is 34.3 Å². The number of aromatic nitrogens is 1. The highest BCUT2D eigenvalue weighted by atomic mass is 16.5. The quantitative estimate of drug-likeness (QED) is 0.707. The van der Waals surface area contributed by atoms with Crippen molar-refractivity contribution in [2.24, 2.45) is 11.8 Å². The van der Waals surface area contributed by atoms with Gasteiger partial charge in [0.15, 0.2) is 0 Å². The van der Waals surface area contributed by atoms with Crippen molar-refractivity contribution in [3.8, 4) is 0 Å². The van der Waals surface area contributed by atoms with E-state index in [9.17, 15) is 14.4 Å². The molecule has 1 N–H and O–H groups in total. The van der Waals surface area contributed by atoms with Gasteiger partial charge in [-0.25, -0.2) is 9.78 Å². The number of carbonyl (C=O) groups excluding carboxylic acids is 3. The molecule has 1 aromatic carbocycles. The van der Waals surface area contributed by atoms with Crippen LogP contribution < -0.4 is 5.32 Å². The molecule has 1 aromatic heterocycles. The smallest absolute Gasteiger partial charge is 0.339 e. The summed E-state index contributed by atoms with van der Waals surface area (Å²) in [6.45, 7) is 11.4. The maximum Gasteiger partial charge on any atom is 0.339 e. The second-order valence-electron chi connectivity index (χ2n) is 8.69. The third-order valence-corrected chi connectivity index (χ3v) is 5.70. The van der Waals surface area contributed by atoms with Crippen LogP contribution in [-0.4, -0.2) is 47.4 Å². The van der Waals surface area contributed by atoms with Crippen molar-refractivity contribution in [1.29, 1.82) is 0 Å². The number of aryl methyl sites for hydroxylation is 2. The largest absolute Gasteiger partial charge is 0.462 e. The minimum atomic E-state index is -0.465. The molecule has 2 unspecified atom stereocenters. The Bertz CT molecular complexity index is 1020. The van der Waals surface area contributed by atoms with E-state index < -0.39 is 11.9 Å². The van der Waals surface area contributed by atoms with Gasteiger partial charge in [0.2, 0.25) is 0 Å². The Balaban J connectivity index is 1.77. The molecule has 0 spiro atoms. The van der Waals surface area contributed by atoms with Gasteiger partial charge in [-0.1, -0.05) is 19.9 Å². The number of amides is 2. The average molecular weight is 438 g/mol. The molecule has 1 aliphatic rings. The average Bonchev–Trinajstić information content (AvgIpc) is 2.74. The Morgan fingerprint density at radius 3 is 2.41 bits per heavy atom. The highest BCUT2D eigenvalue weighted by Crippen LogP contribution is 2.24. The fraction of sp³-hybridized carbons (Fsp3) is 0.440. The zero-order chi connectivity index (χ0) is 23.4.